The van der Waals surface area contributed by atoms with Gasteiger partial charge in [0.1, 0.15) is 24.1 Å². The molecule has 0 aromatic heterocycles. The van der Waals surface area contributed by atoms with E-state index in [0.717, 1.165) is 0 Å². The van der Waals surface area contributed by atoms with Crippen LogP contribution in [0.15, 0.2) is 72.3 Å². The molecule has 1 N–H and O–H groups in total. The lowest BCUT2D eigenvalue weighted by Gasteiger charge is -2.12. The van der Waals surface area contributed by atoms with Gasteiger partial charge in [0.2, 0.25) is 0 Å². The molecule has 3 rings (SSSR count). The molecule has 3 aromatic carbocycles. The number of amides is 1. The second-order valence-electron chi connectivity index (χ2n) is 6.42. The van der Waals surface area contributed by atoms with E-state index in [9.17, 15) is 14.4 Å². The normalized spacial score (nSPS) is 10.8. The number of carbonyl (C=O) groups excluding carboxylic acids is 1. The van der Waals surface area contributed by atoms with E-state index in [1.165, 1.54) is 19.3 Å². The molecule has 5 nitrogen and oxygen atoms in total. The molecule has 3 aromatic rings. The summed E-state index contributed by atoms with van der Waals surface area (Å²) in [6.07, 6.45) is 1.43. The van der Waals surface area contributed by atoms with E-state index in [1.807, 2.05) is 6.07 Å². The SMILES string of the molecule is COc1cc(/C=C(\C#N)C(=O)Nc2cccc(Cl)c2)ccc1OCc1ccccc1F. The number of hydrogen-bond donors (Lipinski definition) is 1. The first kappa shape index (κ1) is 21.9. The van der Waals surface area contributed by atoms with Crippen molar-refractivity contribution in [3.05, 3.63) is 94.3 Å². The first-order chi connectivity index (χ1) is 15.0. The number of hydrogen-bond acceptors (Lipinski definition) is 4. The van der Waals surface area contributed by atoms with Crippen molar-refractivity contribution < 1.29 is 18.7 Å². The average molecular weight is 437 g/mol. The van der Waals surface area contributed by atoms with Crippen molar-refractivity contribution in [2.24, 2.45) is 0 Å². The Morgan fingerprint density at radius 2 is 1.94 bits per heavy atom. The maximum atomic E-state index is 13.8. The Bertz CT molecular complexity index is 1170. The summed E-state index contributed by atoms with van der Waals surface area (Å²) in [5.41, 5.74) is 1.36. The van der Waals surface area contributed by atoms with Crippen molar-refractivity contribution in [2.75, 3.05) is 12.4 Å². The minimum Gasteiger partial charge on any atom is -0.493 e. The molecule has 0 saturated heterocycles. The lowest BCUT2D eigenvalue weighted by atomic mass is 10.1. The van der Waals surface area contributed by atoms with Crippen molar-refractivity contribution in [2.45, 2.75) is 6.61 Å². The van der Waals surface area contributed by atoms with Crippen molar-refractivity contribution in [3.63, 3.8) is 0 Å². The third-order valence-corrected chi connectivity index (χ3v) is 4.52. The van der Waals surface area contributed by atoms with Gasteiger partial charge < -0.3 is 14.8 Å². The molecule has 0 heterocycles. The van der Waals surface area contributed by atoms with Crippen LogP contribution in [0.3, 0.4) is 0 Å². The number of carbonyl (C=O) groups is 1. The maximum absolute atomic E-state index is 13.8. The quantitative estimate of drug-likeness (QED) is 0.386. The number of methoxy groups -OCH3 is 1. The van der Waals surface area contributed by atoms with E-state index in [2.05, 4.69) is 5.32 Å². The summed E-state index contributed by atoms with van der Waals surface area (Å²) < 4.78 is 24.8. The standard InChI is InChI=1S/C24H18ClFN2O3/c1-30-23-12-16(9-10-22(23)31-15-17-5-2-3-8-21(17)26)11-18(14-27)24(29)28-20-7-4-6-19(25)13-20/h2-13H,15H2,1H3,(H,28,29)/b18-11+. The Hall–Kier alpha value is -3.82. The Kier molecular flexibility index (Phi) is 7.26. The van der Waals surface area contributed by atoms with Gasteiger partial charge in [-0.3, -0.25) is 4.79 Å². The van der Waals surface area contributed by atoms with Gasteiger partial charge in [-0.2, -0.15) is 5.26 Å². The molecule has 0 fully saturated rings. The summed E-state index contributed by atoms with van der Waals surface area (Å²) in [6, 6.07) is 19.8. The Morgan fingerprint density at radius 3 is 2.65 bits per heavy atom. The predicted octanol–water partition coefficient (Wildman–Crippen LogP) is 5.61. The topological polar surface area (TPSA) is 71.3 Å². The monoisotopic (exact) mass is 436 g/mol. The van der Waals surface area contributed by atoms with Crippen LogP contribution in [0.1, 0.15) is 11.1 Å². The first-order valence-electron chi connectivity index (χ1n) is 9.23. The van der Waals surface area contributed by atoms with Gasteiger partial charge in [0.05, 0.1) is 7.11 Å². The fourth-order valence-electron chi connectivity index (χ4n) is 2.74. The van der Waals surface area contributed by atoms with Gasteiger partial charge in [0.25, 0.3) is 5.91 Å². The highest BCUT2D eigenvalue weighted by Gasteiger charge is 2.12. The molecular formula is C24H18ClFN2O3. The highest BCUT2D eigenvalue weighted by molar-refractivity contribution is 6.31. The summed E-state index contributed by atoms with van der Waals surface area (Å²) in [5, 5.41) is 12.5. The van der Waals surface area contributed by atoms with Crippen LogP contribution >= 0.6 is 11.6 Å². The highest BCUT2D eigenvalue weighted by atomic mass is 35.5. The molecule has 0 unspecified atom stereocenters. The van der Waals surface area contributed by atoms with Crippen LogP contribution in [0.2, 0.25) is 5.02 Å². The second-order valence-corrected chi connectivity index (χ2v) is 6.86. The fraction of sp³-hybridized carbons (Fsp3) is 0.0833. The van der Waals surface area contributed by atoms with Crippen LogP contribution in [0.5, 0.6) is 11.5 Å². The van der Waals surface area contributed by atoms with Crippen LogP contribution in [-0.2, 0) is 11.4 Å². The molecule has 0 atom stereocenters. The van der Waals surface area contributed by atoms with Gasteiger partial charge in [0.15, 0.2) is 11.5 Å². The smallest absolute Gasteiger partial charge is 0.266 e. The molecule has 0 spiro atoms. The molecule has 1 amide bonds. The summed E-state index contributed by atoms with van der Waals surface area (Å²) in [7, 11) is 1.47. The molecule has 156 valence electrons. The lowest BCUT2D eigenvalue weighted by Crippen LogP contribution is -2.13. The number of benzene rings is 3. The molecule has 0 aliphatic carbocycles. The highest BCUT2D eigenvalue weighted by Crippen LogP contribution is 2.30. The van der Waals surface area contributed by atoms with Crippen LogP contribution in [0.25, 0.3) is 6.08 Å². The Balaban J connectivity index is 1.76. The maximum Gasteiger partial charge on any atom is 0.266 e. The first-order valence-corrected chi connectivity index (χ1v) is 9.61. The molecular weight excluding hydrogens is 419 g/mol. The molecule has 0 bridgehead atoms. The summed E-state index contributed by atoms with van der Waals surface area (Å²) in [6.45, 7) is 0.0315. The van der Waals surface area contributed by atoms with Crippen molar-refractivity contribution in [1.29, 1.82) is 5.26 Å². The number of anilines is 1. The van der Waals surface area contributed by atoms with E-state index in [-0.39, 0.29) is 18.0 Å². The van der Waals surface area contributed by atoms with Gasteiger partial charge in [-0.1, -0.05) is 41.9 Å². The average Bonchev–Trinajstić information content (AvgIpc) is 2.77. The summed E-state index contributed by atoms with van der Waals surface area (Å²) in [4.78, 5) is 12.4. The molecule has 0 aliphatic heterocycles. The third kappa shape index (κ3) is 5.84. The molecule has 0 saturated carbocycles. The number of nitrogens with zero attached hydrogens (tertiary/aromatic N) is 1. The van der Waals surface area contributed by atoms with Crippen LogP contribution in [0, 0.1) is 17.1 Å². The van der Waals surface area contributed by atoms with Crippen LogP contribution in [0.4, 0.5) is 10.1 Å². The van der Waals surface area contributed by atoms with E-state index in [4.69, 9.17) is 21.1 Å². The van der Waals surface area contributed by atoms with Crippen LogP contribution < -0.4 is 14.8 Å². The zero-order chi connectivity index (χ0) is 22.2. The fourth-order valence-corrected chi connectivity index (χ4v) is 2.93. The molecule has 0 radical (unpaired) electrons. The van der Waals surface area contributed by atoms with Gasteiger partial charge in [-0.15, -0.1) is 0 Å². The number of ether oxygens (including phenoxy) is 2. The minimum absolute atomic E-state index is 0.0315. The number of rotatable bonds is 7. The van der Waals surface area contributed by atoms with Crippen molar-refractivity contribution in [1.82, 2.24) is 0 Å². The van der Waals surface area contributed by atoms with E-state index < -0.39 is 5.91 Å². The largest absolute Gasteiger partial charge is 0.493 e. The Morgan fingerprint density at radius 1 is 1.13 bits per heavy atom. The number of nitrogens with one attached hydrogen (secondary N) is 1. The second kappa shape index (κ2) is 10.3. The zero-order valence-electron chi connectivity index (χ0n) is 16.6. The van der Waals surface area contributed by atoms with Gasteiger partial charge in [0, 0.05) is 16.3 Å². The van der Waals surface area contributed by atoms with E-state index in [1.54, 1.807) is 60.7 Å². The molecule has 31 heavy (non-hydrogen) atoms. The number of halogens is 2. The number of nitriles is 1. The summed E-state index contributed by atoms with van der Waals surface area (Å²) >= 11 is 5.92. The lowest BCUT2D eigenvalue weighted by molar-refractivity contribution is -0.112. The summed E-state index contributed by atoms with van der Waals surface area (Å²) in [5.74, 6) is -0.128. The van der Waals surface area contributed by atoms with Gasteiger partial charge in [-0.25, -0.2) is 4.39 Å². The van der Waals surface area contributed by atoms with Gasteiger partial charge >= 0.3 is 0 Å². The van der Waals surface area contributed by atoms with Gasteiger partial charge in [-0.05, 0) is 48.0 Å². The molecule has 7 heteroatoms. The van der Waals surface area contributed by atoms with E-state index >= 15 is 0 Å². The molecule has 0 aliphatic rings. The predicted molar refractivity (Wildman–Crippen MR) is 117 cm³/mol. The van der Waals surface area contributed by atoms with Crippen LogP contribution in [-0.4, -0.2) is 13.0 Å². The van der Waals surface area contributed by atoms with E-state index in [0.29, 0.717) is 33.3 Å². The minimum atomic E-state index is -0.566. The van der Waals surface area contributed by atoms with Crippen molar-refractivity contribution >= 4 is 29.3 Å². The Labute approximate surface area is 184 Å². The third-order valence-electron chi connectivity index (χ3n) is 4.29. The zero-order valence-corrected chi connectivity index (χ0v) is 17.3. The van der Waals surface area contributed by atoms with Crippen molar-refractivity contribution in [3.8, 4) is 17.6 Å².